The number of ether oxygens (including phenoxy) is 6. The van der Waals surface area contributed by atoms with Gasteiger partial charge in [-0.2, -0.15) is 0 Å². The molecule has 560 valence electrons. The fraction of sp³-hybridized carbons (Fsp3) is 0.889. The molecule has 97 heavy (non-hydrogen) atoms. The highest BCUT2D eigenvalue weighted by molar-refractivity contribution is 7.47. The van der Waals surface area contributed by atoms with E-state index in [0.29, 0.717) is 0 Å². The van der Waals surface area contributed by atoms with E-state index in [-0.39, 0.29) is 103 Å². The van der Waals surface area contributed by atoms with E-state index in [2.05, 4.69) is 16.0 Å². The van der Waals surface area contributed by atoms with Crippen LogP contribution in [0.15, 0.2) is 0 Å². The molecule has 0 spiro atoms. The Labute approximate surface area is 557 Å². The number of β-amino-alcohol motifs (C(OH)–C–C–N with tert-alkyl or cyclic N) is 1. The minimum atomic E-state index is -5.21. The highest BCUT2D eigenvalue weighted by atomic mass is 31.2. The van der Waals surface area contributed by atoms with Gasteiger partial charge in [-0.3, -0.25) is 51.4 Å². The van der Waals surface area contributed by atoms with Gasteiger partial charge in [0.25, 0.3) is 0 Å². The Morgan fingerprint density at radius 3 is 1.03 bits per heavy atom. The molecule has 0 aromatic heterocycles. The van der Waals surface area contributed by atoms with Crippen molar-refractivity contribution in [1.82, 2.24) is 30.7 Å². The summed E-state index contributed by atoms with van der Waals surface area (Å²) >= 11 is 0. The number of nitrogens with zero attached hydrogens (tertiary/aromatic N) is 3. The van der Waals surface area contributed by atoms with Crippen molar-refractivity contribution >= 4 is 58.9 Å². The van der Waals surface area contributed by atoms with Crippen molar-refractivity contribution in [3.63, 3.8) is 0 Å². The van der Waals surface area contributed by atoms with Crippen molar-refractivity contribution in [2.75, 3.05) is 79.1 Å². The summed E-state index contributed by atoms with van der Waals surface area (Å²) in [6, 6.07) is -6.92. The fourth-order valence-electron chi connectivity index (χ4n) is 12.2. The van der Waals surface area contributed by atoms with Crippen LogP contribution in [0.2, 0.25) is 0 Å². The van der Waals surface area contributed by atoms with Crippen LogP contribution in [-0.2, 0) is 93.5 Å². The van der Waals surface area contributed by atoms with E-state index in [4.69, 9.17) is 51.0 Å². The van der Waals surface area contributed by atoms with Gasteiger partial charge >= 0.3 is 23.5 Å². The second-order valence-corrected chi connectivity index (χ2v) is 28.6. The Morgan fingerprint density at radius 1 is 0.433 bits per heavy atom. The number of likely N-dealkylation sites (tertiary alicyclic amines) is 3. The van der Waals surface area contributed by atoms with Crippen LogP contribution in [0.25, 0.3) is 0 Å². The largest absolute Gasteiger partial charge is 0.472 e. The second kappa shape index (κ2) is 38.1. The van der Waals surface area contributed by atoms with Crippen molar-refractivity contribution in [2.24, 2.45) is 0 Å². The summed E-state index contributed by atoms with van der Waals surface area (Å²) in [5.74, 6) is -3.46. The molecular formula is C54H95N6O34P3. The van der Waals surface area contributed by atoms with E-state index < -0.39 is 240 Å². The minimum absolute atomic E-state index is 0.0619. The number of nitrogens with one attached hydrogen (secondary N) is 3. The smallest absolute Gasteiger partial charge is 0.394 e. The normalized spacial score (nSPS) is 34.5. The topological polar surface area (TPSA) is 584 Å². The number of phosphoric acid groups is 3. The number of amides is 6. The first kappa shape index (κ1) is 82.5. The average molecular weight is 1470 g/mol. The van der Waals surface area contributed by atoms with Crippen molar-refractivity contribution in [1.29, 1.82) is 0 Å². The lowest BCUT2D eigenvalue weighted by molar-refractivity contribution is -0.270. The van der Waals surface area contributed by atoms with Crippen LogP contribution in [0.3, 0.4) is 0 Å². The van der Waals surface area contributed by atoms with Gasteiger partial charge in [0.15, 0.2) is 18.9 Å². The van der Waals surface area contributed by atoms with Crippen LogP contribution in [0.5, 0.6) is 0 Å². The van der Waals surface area contributed by atoms with E-state index in [0.717, 1.165) is 23.6 Å². The molecule has 23 atom stereocenters. The van der Waals surface area contributed by atoms with Crippen LogP contribution in [-0.4, -0.2) is 328 Å². The van der Waals surface area contributed by atoms with Crippen LogP contribution in [0.4, 0.5) is 0 Å². The molecule has 0 bridgehead atoms. The van der Waals surface area contributed by atoms with E-state index in [9.17, 15) is 113 Å². The third kappa shape index (κ3) is 24.9. The quantitative estimate of drug-likeness (QED) is 0.0203. The molecule has 6 aliphatic heterocycles. The number of rotatable bonds is 37. The molecule has 0 saturated carbocycles. The summed E-state index contributed by atoms with van der Waals surface area (Å²) < 4.78 is 99.5. The molecule has 6 heterocycles. The molecular weight excluding hydrogens is 1370 g/mol. The minimum Gasteiger partial charge on any atom is -0.394 e. The van der Waals surface area contributed by atoms with Crippen LogP contribution < -0.4 is 16.0 Å². The number of carbonyl (C=O) groups is 6. The van der Waals surface area contributed by atoms with Crippen LogP contribution >= 0.6 is 23.5 Å². The predicted octanol–water partition coefficient (Wildman–Crippen LogP) is -6.34. The molecule has 8 unspecified atom stereocenters. The zero-order valence-electron chi connectivity index (χ0n) is 53.7. The van der Waals surface area contributed by atoms with Gasteiger partial charge in [0.1, 0.15) is 73.1 Å². The van der Waals surface area contributed by atoms with Crippen LogP contribution in [0.1, 0.15) is 97.8 Å². The first-order valence-corrected chi connectivity index (χ1v) is 36.3. The van der Waals surface area contributed by atoms with Gasteiger partial charge in [-0.25, -0.2) is 13.7 Å². The summed E-state index contributed by atoms with van der Waals surface area (Å²) in [5, 5.41) is 110. The third-order valence-electron chi connectivity index (χ3n) is 16.9. The maximum absolute atomic E-state index is 14.0. The molecule has 43 heteroatoms. The monoisotopic (exact) mass is 1460 g/mol. The molecule has 0 aromatic carbocycles. The number of carbonyl (C=O) groups excluding carboxylic acids is 6. The number of unbranched alkanes of at least 4 members (excludes halogenated alkanes) is 3. The van der Waals surface area contributed by atoms with E-state index in [1.807, 2.05) is 0 Å². The Bertz CT molecular complexity index is 2710. The van der Waals surface area contributed by atoms with Gasteiger partial charge in [0.2, 0.25) is 35.4 Å². The average Bonchev–Trinajstić information content (AvgIpc) is 1.68. The maximum Gasteiger partial charge on any atom is 0.472 e. The summed E-state index contributed by atoms with van der Waals surface area (Å²) in [4.78, 5) is 121. The highest BCUT2D eigenvalue weighted by Gasteiger charge is 2.50. The van der Waals surface area contributed by atoms with Gasteiger partial charge < -0.3 is 130 Å². The molecule has 40 nitrogen and oxygen atoms in total. The van der Waals surface area contributed by atoms with Gasteiger partial charge in [-0.1, -0.05) is 0 Å². The lowest BCUT2D eigenvalue weighted by Crippen LogP contribution is -2.64. The molecule has 6 rings (SSSR count). The number of aliphatic hydroxyl groups excluding tert-OH is 10. The molecule has 0 radical (unpaired) electrons. The fourth-order valence-corrected chi connectivity index (χ4v) is 14.4. The Balaban J connectivity index is 1.05. The van der Waals surface area contributed by atoms with E-state index >= 15 is 0 Å². The molecule has 6 amide bonds. The first-order chi connectivity index (χ1) is 45.6. The third-order valence-corrected chi connectivity index (χ3v) is 19.5. The van der Waals surface area contributed by atoms with Crippen LogP contribution in [0, 0.1) is 0 Å². The van der Waals surface area contributed by atoms with E-state index in [1.54, 1.807) is 0 Å². The Morgan fingerprint density at radius 2 is 0.732 bits per heavy atom. The van der Waals surface area contributed by atoms with Crippen molar-refractivity contribution in [2.45, 2.75) is 226 Å². The van der Waals surface area contributed by atoms with Gasteiger partial charge in [0.05, 0.1) is 76.1 Å². The Hall–Kier alpha value is -3.49. The molecule has 17 N–H and O–H groups in total. The predicted molar refractivity (Wildman–Crippen MR) is 321 cm³/mol. The van der Waals surface area contributed by atoms with E-state index in [1.165, 1.54) is 11.8 Å². The zero-order valence-corrected chi connectivity index (χ0v) is 56.4. The lowest BCUT2D eigenvalue weighted by atomic mass is 9.97. The number of hydrogen-bond acceptors (Lipinski definition) is 30. The molecule has 0 aliphatic carbocycles. The molecule has 0 aromatic rings. The molecule has 6 saturated heterocycles. The molecule has 6 aliphatic rings. The number of aliphatic hydroxyl groups is 10. The number of hydrogen-bond donors (Lipinski definition) is 17. The zero-order chi connectivity index (χ0) is 71.7. The van der Waals surface area contributed by atoms with Gasteiger partial charge in [-0.05, 0) is 57.8 Å². The lowest BCUT2D eigenvalue weighted by Gasteiger charge is -2.42. The molecule has 6 fully saturated rings. The summed E-state index contributed by atoms with van der Waals surface area (Å²) in [6.07, 6.45) is -21.2. The summed E-state index contributed by atoms with van der Waals surface area (Å²) in [7, 11) is -15.4. The van der Waals surface area contributed by atoms with Crippen molar-refractivity contribution in [3.8, 4) is 0 Å². The van der Waals surface area contributed by atoms with Gasteiger partial charge in [-0.15, -0.1) is 0 Å². The summed E-state index contributed by atoms with van der Waals surface area (Å²) in [6.45, 7) is -2.07. The SMILES string of the molecule is CC(=O)NC1[C@H](OCCCCC(=O)N2C[C@H](O)C[C@H]2COP(=O)(O)O[C@@H]2C[C@@H](COP(=O)(O)O[C@@H]3C[C@@H](COP(=O)(O)O)N(C(=O)CCCCO[C@@H]4OC(CO)[C@H](O)[C@H](O)C4NC(C)=O)C3)N(C(=O)CCCCO[C@@H]3OC(CO)[C@H](O)[C@H](O)C3NC(C)=O)C2)OC(CO)[C@H](O)[C@@H]1O. The Kier molecular flexibility index (Phi) is 32.4. The van der Waals surface area contributed by atoms with Crippen molar-refractivity contribution < 1.29 is 164 Å². The maximum atomic E-state index is 14.0. The highest BCUT2D eigenvalue weighted by Crippen LogP contribution is 2.50. The standard InChI is InChI=1S/C54H95N6O34P3/c1-28(64)55-43-49(74)46(71)37(22-61)90-52(43)84-13-7-4-10-40(68)58-19-34(67)16-31(58)26-88-96(80,81)94-36-18-33(60(21-36)42(70)12-6-9-15-86-54-45(57-30(3)66)51(76)48(73)39(24-63)92-54)27-89-97(82,83)93-35-17-32(25-87-95(77,78)79)59(20-35)41(69)11-5-8-14-85-53-44(56-29(2)65)50(75)47(72)38(23-62)91-53/h31-39,43-54,61-63,67,71-76H,4-27H2,1-3H3,(H,55,64)(H,56,65)(H,57,66)(H,80,81)(H,82,83)(H2,77,78,79)/t31-,32-,33-,34+,35+,36+,37?,38?,39?,43?,44?,45?,46-,47-,48-,49+,50+,51+,52+,53+,54+/m0/s1. The van der Waals surface area contributed by atoms with Crippen molar-refractivity contribution in [3.05, 3.63) is 0 Å². The summed E-state index contributed by atoms with van der Waals surface area (Å²) in [5.41, 5.74) is 0. The number of phosphoric ester groups is 3. The van der Waals surface area contributed by atoms with Gasteiger partial charge in [0, 0.05) is 79.5 Å². The first-order valence-electron chi connectivity index (χ1n) is 31.8. The second-order valence-electron chi connectivity index (χ2n) is 24.5.